The first-order chi connectivity index (χ1) is 11.8. The van der Waals surface area contributed by atoms with Crippen LogP contribution in [-0.2, 0) is 22.6 Å². The first kappa shape index (κ1) is 15.9. The fraction of sp³-hybridized carbons (Fsp3) is 0.500. The van der Waals surface area contributed by atoms with Gasteiger partial charge in [0.2, 0.25) is 5.91 Å². The molecular weight excluding hydrogens is 324 g/mol. The molecule has 24 heavy (non-hydrogen) atoms. The molecule has 0 spiro atoms. The van der Waals surface area contributed by atoms with E-state index in [0.717, 1.165) is 32.0 Å². The zero-order valence-corrected chi connectivity index (χ0v) is 14.3. The van der Waals surface area contributed by atoms with Crippen LogP contribution in [-0.4, -0.2) is 37.1 Å². The quantitative estimate of drug-likeness (QED) is 0.903. The Kier molecular flexibility index (Phi) is 4.69. The van der Waals surface area contributed by atoms with Crippen molar-refractivity contribution >= 4 is 17.2 Å². The topological polar surface area (TPSA) is 54.7 Å². The molecule has 5 nitrogen and oxygen atoms in total. The summed E-state index contributed by atoms with van der Waals surface area (Å²) in [7, 11) is 0. The van der Waals surface area contributed by atoms with Crippen LogP contribution in [0.5, 0.6) is 0 Å². The summed E-state index contributed by atoms with van der Waals surface area (Å²) < 4.78 is 11.0. The van der Waals surface area contributed by atoms with Gasteiger partial charge in [-0.05, 0) is 35.4 Å². The summed E-state index contributed by atoms with van der Waals surface area (Å²) in [6.45, 7) is 4.71. The zero-order chi connectivity index (χ0) is 16.4. The first-order valence-corrected chi connectivity index (χ1v) is 9.30. The van der Waals surface area contributed by atoms with Crippen LogP contribution in [0, 0.1) is 17.8 Å². The summed E-state index contributed by atoms with van der Waals surface area (Å²) in [4.78, 5) is 16.5. The van der Waals surface area contributed by atoms with Crippen molar-refractivity contribution in [2.45, 2.75) is 13.1 Å². The third-order valence-electron chi connectivity index (χ3n) is 5.03. The largest absolute Gasteiger partial charge is 0.467 e. The summed E-state index contributed by atoms with van der Waals surface area (Å²) >= 11 is 1.79. The van der Waals surface area contributed by atoms with E-state index in [2.05, 4.69) is 27.7 Å². The van der Waals surface area contributed by atoms with Crippen LogP contribution in [0.1, 0.15) is 10.6 Å². The molecule has 1 N–H and O–H groups in total. The molecule has 2 aromatic rings. The molecule has 128 valence electrons. The number of hydrogen-bond donors (Lipinski definition) is 1. The van der Waals surface area contributed by atoms with Gasteiger partial charge in [0.05, 0.1) is 31.9 Å². The van der Waals surface area contributed by atoms with Gasteiger partial charge in [0.1, 0.15) is 5.76 Å². The Morgan fingerprint density at radius 2 is 2.25 bits per heavy atom. The maximum Gasteiger partial charge on any atom is 0.226 e. The lowest BCUT2D eigenvalue weighted by Crippen LogP contribution is -2.44. The second kappa shape index (κ2) is 7.09. The van der Waals surface area contributed by atoms with Crippen LogP contribution in [0.3, 0.4) is 0 Å². The molecule has 2 fully saturated rings. The van der Waals surface area contributed by atoms with E-state index in [4.69, 9.17) is 9.15 Å². The number of fused-ring (bicyclic) bond motifs is 1. The van der Waals surface area contributed by atoms with Crippen LogP contribution < -0.4 is 5.32 Å². The smallest absolute Gasteiger partial charge is 0.226 e. The molecule has 2 saturated heterocycles. The number of carbonyl (C=O) groups excluding carboxylic acids is 1. The average Bonchev–Trinajstić information content (AvgIpc) is 3.33. The van der Waals surface area contributed by atoms with Gasteiger partial charge in [0.25, 0.3) is 0 Å². The molecular formula is C18H22N2O3S. The molecule has 1 amide bonds. The van der Waals surface area contributed by atoms with E-state index in [0.29, 0.717) is 25.0 Å². The van der Waals surface area contributed by atoms with Crippen molar-refractivity contribution in [3.8, 4) is 0 Å². The second-order valence-corrected chi connectivity index (χ2v) is 7.67. The molecule has 0 aromatic carbocycles. The minimum Gasteiger partial charge on any atom is -0.467 e. The predicted octanol–water partition coefficient (Wildman–Crippen LogP) is 2.35. The van der Waals surface area contributed by atoms with E-state index in [9.17, 15) is 4.79 Å². The molecule has 2 aliphatic heterocycles. The van der Waals surface area contributed by atoms with Crippen LogP contribution in [0.15, 0.2) is 40.3 Å². The highest BCUT2D eigenvalue weighted by atomic mass is 32.1. The number of hydrogen-bond acceptors (Lipinski definition) is 5. The monoisotopic (exact) mass is 346 g/mol. The van der Waals surface area contributed by atoms with Crippen LogP contribution in [0.4, 0.5) is 0 Å². The SMILES string of the molecule is O=C(NCc1ccco1)[C@@H]1COC[C@@H]2CN(Cc3cccs3)C[C@@H]21. The molecule has 4 rings (SSSR count). The molecule has 0 unspecified atom stereocenters. The van der Waals surface area contributed by atoms with Gasteiger partial charge in [-0.3, -0.25) is 9.69 Å². The Bertz CT molecular complexity index is 656. The number of carbonyl (C=O) groups is 1. The summed E-state index contributed by atoms with van der Waals surface area (Å²) in [5.41, 5.74) is 0. The number of nitrogens with zero attached hydrogens (tertiary/aromatic N) is 1. The van der Waals surface area contributed by atoms with Crippen molar-refractivity contribution in [1.29, 1.82) is 0 Å². The van der Waals surface area contributed by atoms with Gasteiger partial charge >= 0.3 is 0 Å². The van der Waals surface area contributed by atoms with E-state index < -0.39 is 0 Å². The van der Waals surface area contributed by atoms with Crippen molar-refractivity contribution in [1.82, 2.24) is 10.2 Å². The standard InChI is InChI=1S/C18H22N2O3S/c21-18(19-7-14-3-1-5-23-14)17-12-22-11-13-8-20(10-16(13)17)9-15-4-2-6-24-15/h1-6,13,16-17H,7-12H2,(H,19,21)/t13-,16-,17+/m0/s1. The Morgan fingerprint density at radius 3 is 3.04 bits per heavy atom. The maximum atomic E-state index is 12.6. The number of likely N-dealkylation sites (tertiary alicyclic amines) is 1. The Morgan fingerprint density at radius 1 is 1.29 bits per heavy atom. The van der Waals surface area contributed by atoms with Gasteiger partial charge in [-0.2, -0.15) is 0 Å². The Balaban J connectivity index is 1.36. The number of furan rings is 1. The lowest BCUT2D eigenvalue weighted by atomic mass is 9.82. The van der Waals surface area contributed by atoms with Crippen LogP contribution in [0.2, 0.25) is 0 Å². The highest BCUT2D eigenvalue weighted by Gasteiger charge is 2.43. The number of ether oxygens (including phenoxy) is 1. The molecule has 0 radical (unpaired) electrons. The third kappa shape index (κ3) is 3.41. The molecule has 0 bridgehead atoms. The summed E-state index contributed by atoms with van der Waals surface area (Å²) in [5.74, 6) is 1.64. The molecule has 4 heterocycles. The van der Waals surface area contributed by atoms with Gasteiger partial charge in [-0.1, -0.05) is 6.07 Å². The number of thiophene rings is 1. The van der Waals surface area contributed by atoms with Crippen molar-refractivity contribution in [2.24, 2.45) is 17.8 Å². The van der Waals surface area contributed by atoms with Crippen LogP contribution >= 0.6 is 11.3 Å². The van der Waals surface area contributed by atoms with Gasteiger partial charge < -0.3 is 14.5 Å². The Hall–Kier alpha value is -1.63. The van der Waals surface area contributed by atoms with Gasteiger partial charge in [0.15, 0.2) is 0 Å². The molecule has 0 saturated carbocycles. The fourth-order valence-corrected chi connectivity index (χ4v) is 4.58. The maximum absolute atomic E-state index is 12.6. The van der Waals surface area contributed by atoms with E-state index >= 15 is 0 Å². The normalized spacial score (nSPS) is 27.1. The van der Waals surface area contributed by atoms with Gasteiger partial charge in [-0.15, -0.1) is 11.3 Å². The van der Waals surface area contributed by atoms with Crippen molar-refractivity contribution in [3.63, 3.8) is 0 Å². The highest BCUT2D eigenvalue weighted by molar-refractivity contribution is 7.09. The first-order valence-electron chi connectivity index (χ1n) is 8.42. The van der Waals surface area contributed by atoms with E-state index in [1.807, 2.05) is 12.1 Å². The third-order valence-corrected chi connectivity index (χ3v) is 5.89. The molecule has 6 heteroatoms. The fourth-order valence-electron chi connectivity index (χ4n) is 3.83. The minimum atomic E-state index is -0.0629. The van der Waals surface area contributed by atoms with E-state index in [1.54, 1.807) is 17.6 Å². The van der Waals surface area contributed by atoms with Crippen LogP contribution in [0.25, 0.3) is 0 Å². The molecule has 2 aliphatic rings. The average molecular weight is 346 g/mol. The van der Waals surface area contributed by atoms with Crippen molar-refractivity contribution in [3.05, 3.63) is 46.5 Å². The van der Waals surface area contributed by atoms with Crippen molar-refractivity contribution < 1.29 is 13.9 Å². The lowest BCUT2D eigenvalue weighted by molar-refractivity contribution is -0.133. The zero-order valence-electron chi connectivity index (χ0n) is 13.5. The highest BCUT2D eigenvalue weighted by Crippen LogP contribution is 2.35. The summed E-state index contributed by atoms with van der Waals surface area (Å²) in [6.07, 6.45) is 1.63. The predicted molar refractivity (Wildman–Crippen MR) is 91.4 cm³/mol. The van der Waals surface area contributed by atoms with Crippen molar-refractivity contribution in [2.75, 3.05) is 26.3 Å². The summed E-state index contributed by atoms with van der Waals surface area (Å²) in [5, 5.41) is 5.12. The minimum absolute atomic E-state index is 0.0629. The van der Waals surface area contributed by atoms with Gasteiger partial charge in [-0.25, -0.2) is 0 Å². The second-order valence-electron chi connectivity index (χ2n) is 6.64. The lowest BCUT2D eigenvalue weighted by Gasteiger charge is -2.31. The number of rotatable bonds is 5. The number of amides is 1. The Labute approximate surface area is 145 Å². The molecule has 2 aromatic heterocycles. The van der Waals surface area contributed by atoms with E-state index in [1.165, 1.54) is 4.88 Å². The summed E-state index contributed by atoms with van der Waals surface area (Å²) in [6, 6.07) is 7.98. The van der Waals surface area contributed by atoms with E-state index in [-0.39, 0.29) is 11.8 Å². The molecule has 0 aliphatic carbocycles. The number of nitrogens with one attached hydrogen (secondary N) is 1. The molecule has 3 atom stereocenters. The van der Waals surface area contributed by atoms with Gasteiger partial charge in [0, 0.05) is 24.5 Å².